The average Bonchev–Trinajstić information content (AvgIpc) is 2.52. The third-order valence-electron chi connectivity index (χ3n) is 2.61. The lowest BCUT2D eigenvalue weighted by Crippen LogP contribution is -2.24. The average molecular weight is 212 g/mol. The van der Waals surface area contributed by atoms with Crippen LogP contribution in [0.25, 0.3) is 0 Å². The van der Waals surface area contributed by atoms with Crippen LogP contribution in [0.4, 0.5) is 0 Å². The van der Waals surface area contributed by atoms with Crippen molar-refractivity contribution in [3.05, 3.63) is 21.9 Å². The smallest absolute Gasteiger partial charge is 0.0990 e. The molecule has 0 spiro atoms. The summed E-state index contributed by atoms with van der Waals surface area (Å²) in [5.41, 5.74) is 0.668. The molecule has 0 unspecified atom stereocenters. The summed E-state index contributed by atoms with van der Waals surface area (Å²) in [5, 5.41) is 12.6. The molecule has 1 heterocycles. The van der Waals surface area contributed by atoms with Gasteiger partial charge in [0.2, 0.25) is 0 Å². The van der Waals surface area contributed by atoms with Crippen molar-refractivity contribution in [2.45, 2.75) is 52.1 Å². The van der Waals surface area contributed by atoms with Gasteiger partial charge in [-0.2, -0.15) is 0 Å². The summed E-state index contributed by atoms with van der Waals surface area (Å²) in [5.74, 6) is 0. The van der Waals surface area contributed by atoms with Crippen molar-refractivity contribution < 1.29 is 5.11 Å². The molecule has 1 nitrogen and oxygen atoms in total. The van der Waals surface area contributed by atoms with Gasteiger partial charge in [0.05, 0.1) is 5.60 Å². The van der Waals surface area contributed by atoms with Gasteiger partial charge in [-0.1, -0.05) is 26.7 Å². The Morgan fingerprint density at radius 2 is 1.86 bits per heavy atom. The first-order valence-electron chi connectivity index (χ1n) is 5.41. The maximum atomic E-state index is 10.6. The molecule has 0 aliphatic carbocycles. The van der Waals surface area contributed by atoms with Gasteiger partial charge in [-0.25, -0.2) is 0 Å². The minimum Gasteiger partial charge on any atom is -0.384 e. The number of hydrogen-bond acceptors (Lipinski definition) is 2. The van der Waals surface area contributed by atoms with Gasteiger partial charge in [0.1, 0.15) is 0 Å². The normalized spacial score (nSPS) is 12.0. The van der Waals surface area contributed by atoms with Crippen LogP contribution in [0.1, 0.15) is 50.0 Å². The highest BCUT2D eigenvalue weighted by atomic mass is 32.1. The third-order valence-corrected chi connectivity index (χ3v) is 3.82. The molecule has 0 aliphatic rings. The molecule has 0 saturated heterocycles. The predicted molar refractivity (Wildman–Crippen MR) is 62.8 cm³/mol. The quantitative estimate of drug-likeness (QED) is 0.786. The van der Waals surface area contributed by atoms with Gasteiger partial charge in [0.15, 0.2) is 0 Å². The van der Waals surface area contributed by atoms with Crippen LogP contribution in [0.2, 0.25) is 0 Å². The van der Waals surface area contributed by atoms with Crippen molar-refractivity contribution in [1.82, 2.24) is 0 Å². The molecule has 1 aromatic rings. The van der Waals surface area contributed by atoms with Crippen LogP contribution in [0.15, 0.2) is 11.4 Å². The van der Waals surface area contributed by atoms with Crippen molar-refractivity contribution in [2.24, 2.45) is 0 Å². The summed E-state index contributed by atoms with van der Waals surface area (Å²) in [6, 6.07) is 2.09. The fourth-order valence-electron chi connectivity index (χ4n) is 2.03. The monoisotopic (exact) mass is 212 g/mol. The summed E-state index contributed by atoms with van der Waals surface area (Å²) in [7, 11) is 0. The van der Waals surface area contributed by atoms with E-state index in [0.29, 0.717) is 0 Å². The fraction of sp³-hybridized carbons (Fsp3) is 0.667. The van der Waals surface area contributed by atoms with Crippen LogP contribution in [-0.2, 0) is 5.60 Å². The molecule has 80 valence electrons. The molecule has 0 aromatic carbocycles. The second-order valence-corrected chi connectivity index (χ2v) is 4.88. The lowest BCUT2D eigenvalue weighted by atomic mass is 9.89. The molecule has 1 N–H and O–H groups in total. The Bertz CT molecular complexity index is 272. The van der Waals surface area contributed by atoms with Crippen LogP contribution in [-0.4, -0.2) is 5.11 Å². The molecule has 0 atom stereocenters. The molecular formula is C12H20OS. The van der Waals surface area contributed by atoms with Crippen LogP contribution in [0.3, 0.4) is 0 Å². The number of thiophene rings is 1. The van der Waals surface area contributed by atoms with E-state index in [2.05, 4.69) is 32.2 Å². The number of aliphatic hydroxyl groups is 1. The van der Waals surface area contributed by atoms with Gasteiger partial charge in [0, 0.05) is 4.88 Å². The number of aryl methyl sites for hydroxylation is 1. The van der Waals surface area contributed by atoms with Crippen molar-refractivity contribution in [3.63, 3.8) is 0 Å². The topological polar surface area (TPSA) is 20.2 Å². The Labute approximate surface area is 90.8 Å². The van der Waals surface area contributed by atoms with E-state index in [1.165, 1.54) is 10.4 Å². The van der Waals surface area contributed by atoms with Crippen LogP contribution >= 0.6 is 11.3 Å². The zero-order chi connectivity index (χ0) is 10.6. The van der Waals surface area contributed by atoms with Crippen molar-refractivity contribution in [1.29, 1.82) is 0 Å². The molecule has 0 fully saturated rings. The Hall–Kier alpha value is -0.340. The maximum absolute atomic E-state index is 10.6. The van der Waals surface area contributed by atoms with Crippen molar-refractivity contribution in [3.8, 4) is 0 Å². The highest BCUT2D eigenvalue weighted by Gasteiger charge is 2.29. The summed E-state index contributed by atoms with van der Waals surface area (Å²) >= 11 is 1.69. The summed E-state index contributed by atoms with van der Waals surface area (Å²) < 4.78 is 0. The Morgan fingerprint density at radius 1 is 1.29 bits per heavy atom. The number of hydrogen-bond donors (Lipinski definition) is 1. The minimum atomic E-state index is -0.568. The van der Waals surface area contributed by atoms with Crippen LogP contribution in [0, 0.1) is 6.92 Å². The van der Waals surface area contributed by atoms with Crippen molar-refractivity contribution >= 4 is 11.3 Å². The molecule has 2 heteroatoms. The molecule has 0 radical (unpaired) electrons. The molecule has 1 rings (SSSR count). The van der Waals surface area contributed by atoms with E-state index < -0.39 is 5.60 Å². The zero-order valence-electron chi connectivity index (χ0n) is 9.34. The largest absolute Gasteiger partial charge is 0.384 e. The molecule has 0 saturated carbocycles. The van der Waals surface area contributed by atoms with E-state index in [1.807, 2.05) is 0 Å². The van der Waals surface area contributed by atoms with Crippen molar-refractivity contribution in [2.75, 3.05) is 0 Å². The molecule has 1 aromatic heterocycles. The Balaban J connectivity index is 2.92. The van der Waals surface area contributed by atoms with E-state index in [-0.39, 0.29) is 0 Å². The first-order chi connectivity index (χ1) is 6.64. The van der Waals surface area contributed by atoms with Gasteiger partial charge < -0.3 is 5.11 Å². The second-order valence-electron chi connectivity index (χ2n) is 3.96. The third kappa shape index (κ3) is 2.37. The summed E-state index contributed by atoms with van der Waals surface area (Å²) in [4.78, 5) is 1.17. The maximum Gasteiger partial charge on any atom is 0.0990 e. The lowest BCUT2D eigenvalue weighted by Gasteiger charge is -2.27. The highest BCUT2D eigenvalue weighted by Crippen LogP contribution is 2.36. The van der Waals surface area contributed by atoms with E-state index in [9.17, 15) is 5.11 Å². The van der Waals surface area contributed by atoms with Gasteiger partial charge in [-0.15, -0.1) is 11.3 Å². The van der Waals surface area contributed by atoms with E-state index in [0.717, 1.165) is 25.7 Å². The Morgan fingerprint density at radius 3 is 2.21 bits per heavy atom. The molecule has 0 aliphatic heterocycles. The van der Waals surface area contributed by atoms with E-state index in [1.54, 1.807) is 11.3 Å². The highest BCUT2D eigenvalue weighted by molar-refractivity contribution is 7.10. The van der Waals surface area contributed by atoms with Gasteiger partial charge >= 0.3 is 0 Å². The minimum absolute atomic E-state index is 0.568. The molecule has 0 bridgehead atoms. The Kier molecular flexibility index (Phi) is 4.14. The van der Waals surface area contributed by atoms with E-state index >= 15 is 0 Å². The SMILES string of the molecule is CCCC(O)(CCC)c1sccc1C. The van der Waals surface area contributed by atoms with Gasteiger partial charge in [0.25, 0.3) is 0 Å². The summed E-state index contributed by atoms with van der Waals surface area (Å²) in [6.07, 6.45) is 3.83. The molecular weight excluding hydrogens is 192 g/mol. The first-order valence-corrected chi connectivity index (χ1v) is 6.29. The zero-order valence-corrected chi connectivity index (χ0v) is 10.2. The second kappa shape index (κ2) is 4.94. The standard InChI is InChI=1S/C12H20OS/c1-4-7-12(13,8-5-2)11-10(3)6-9-14-11/h6,9,13H,4-5,7-8H2,1-3H3. The molecule has 0 amide bonds. The van der Waals surface area contributed by atoms with Gasteiger partial charge in [-0.3, -0.25) is 0 Å². The predicted octanol–water partition coefficient (Wildman–Crippen LogP) is 3.84. The van der Waals surface area contributed by atoms with Crippen LogP contribution in [0.5, 0.6) is 0 Å². The fourth-order valence-corrected chi connectivity index (χ4v) is 3.11. The number of rotatable bonds is 5. The van der Waals surface area contributed by atoms with E-state index in [4.69, 9.17) is 0 Å². The van der Waals surface area contributed by atoms with Gasteiger partial charge in [-0.05, 0) is 36.8 Å². The lowest BCUT2D eigenvalue weighted by molar-refractivity contribution is 0.0201. The van der Waals surface area contributed by atoms with Crippen LogP contribution < -0.4 is 0 Å². The summed E-state index contributed by atoms with van der Waals surface area (Å²) in [6.45, 7) is 6.34. The first kappa shape index (κ1) is 11.7. The molecule has 14 heavy (non-hydrogen) atoms.